The molecule has 9 rings (SSSR count). The molecule has 0 bridgehead atoms. The third kappa shape index (κ3) is 4.43. The van der Waals surface area contributed by atoms with Gasteiger partial charge in [-0.1, -0.05) is 121 Å². The minimum atomic E-state index is -0.981. The average molecular weight is 601 g/mol. The monoisotopic (exact) mass is 600 g/mol. The van der Waals surface area contributed by atoms with Crippen molar-refractivity contribution in [2.24, 2.45) is 0 Å². The van der Waals surface area contributed by atoms with Gasteiger partial charge in [0.05, 0.1) is 34.3 Å². The van der Waals surface area contributed by atoms with Gasteiger partial charge in [0, 0.05) is 27.5 Å². The number of para-hydroxylation sites is 1. The Labute approximate surface area is 294 Å². The standard InChI is InChI=1S/C41H25N3O/c1-2-9-26(10-3-1)29-18-19-31-25-33(22-20-30(31)23-29)40-42-39(32-21-17-27-11-4-5-12-28(27)24-32)43-41(44-40)35-14-8-16-37-38(35)34-13-6-7-15-36(34)45-37/h1-25H/i1D,2D,3D,4D,5D,6D,7D,8D,9D,10D,11D,12D,13D,14D,15D,16D,17D,18D,19D,20D,21D,22D,23D,24D,25D. The van der Waals surface area contributed by atoms with Gasteiger partial charge in [0.15, 0.2) is 17.5 Å². The molecule has 45 heavy (non-hydrogen) atoms. The van der Waals surface area contributed by atoms with E-state index >= 15 is 0 Å². The van der Waals surface area contributed by atoms with Gasteiger partial charge in [-0.2, -0.15) is 0 Å². The van der Waals surface area contributed by atoms with Crippen molar-refractivity contribution in [3.63, 3.8) is 0 Å². The maximum Gasteiger partial charge on any atom is 0.164 e. The third-order valence-electron chi connectivity index (χ3n) is 6.63. The lowest BCUT2D eigenvalue weighted by atomic mass is 10.00. The molecule has 0 N–H and O–H groups in total. The van der Waals surface area contributed by atoms with Crippen LogP contribution in [0.15, 0.2) is 155 Å². The SMILES string of the molecule is [2H]c1c([2H])c([2H])c(-c2c([2H])c([2H])c3c([2H])c(-c4nc(-c5c([2H])c([2H])c6c([2H])c([2H])c([2H])c([2H])c6c5[2H])nc(-c5c([2H])c([2H])c([2H])c6oc7c([2H])c([2H])c([2H])c([2H])c7c56)n4)c([2H])c([2H])c3c2[2H])c([2H])c1[2H]. The molecule has 0 aliphatic rings. The number of hydrogen-bond donors (Lipinski definition) is 0. The van der Waals surface area contributed by atoms with Crippen LogP contribution >= 0.6 is 0 Å². The molecule has 0 unspecified atom stereocenters. The van der Waals surface area contributed by atoms with Gasteiger partial charge in [-0.25, -0.2) is 15.0 Å². The van der Waals surface area contributed by atoms with Gasteiger partial charge >= 0.3 is 0 Å². The molecule has 0 aliphatic carbocycles. The van der Waals surface area contributed by atoms with E-state index in [2.05, 4.69) is 15.0 Å². The van der Waals surface area contributed by atoms with Crippen LogP contribution in [0.2, 0.25) is 0 Å². The first kappa shape index (κ1) is 10.8. The number of aromatic nitrogens is 3. The second-order valence-corrected chi connectivity index (χ2v) is 9.32. The van der Waals surface area contributed by atoms with Crippen molar-refractivity contribution in [2.45, 2.75) is 0 Å². The Morgan fingerprint density at radius 3 is 1.73 bits per heavy atom. The Morgan fingerprint density at radius 2 is 0.956 bits per heavy atom. The molecule has 210 valence electrons. The van der Waals surface area contributed by atoms with Crippen molar-refractivity contribution >= 4 is 43.5 Å². The number of rotatable bonds is 4. The van der Waals surface area contributed by atoms with E-state index in [-0.39, 0.29) is 0 Å². The highest BCUT2D eigenvalue weighted by molar-refractivity contribution is 6.11. The zero-order valence-corrected chi connectivity index (χ0v) is 22.2. The zero-order valence-electron chi connectivity index (χ0n) is 47.2. The molecule has 7 aromatic carbocycles. The van der Waals surface area contributed by atoms with Crippen LogP contribution in [-0.4, -0.2) is 15.0 Å². The van der Waals surface area contributed by atoms with E-state index in [1.165, 1.54) is 0 Å². The highest BCUT2D eigenvalue weighted by Crippen LogP contribution is 2.37. The molecular formula is C41H25N3O. The van der Waals surface area contributed by atoms with E-state index in [0.29, 0.717) is 0 Å². The van der Waals surface area contributed by atoms with Gasteiger partial charge in [0.2, 0.25) is 0 Å². The number of furan rings is 1. The summed E-state index contributed by atoms with van der Waals surface area (Å²) < 4.78 is 224. The summed E-state index contributed by atoms with van der Waals surface area (Å²) in [5.74, 6) is -2.45. The van der Waals surface area contributed by atoms with Gasteiger partial charge in [-0.05, 0) is 62.9 Å². The van der Waals surface area contributed by atoms with E-state index in [1.54, 1.807) is 0 Å². The van der Waals surface area contributed by atoms with Gasteiger partial charge in [0.1, 0.15) is 11.2 Å². The Balaban J connectivity index is 1.47. The molecule has 0 saturated carbocycles. The number of nitrogens with zero attached hydrogens (tertiary/aromatic N) is 3. The van der Waals surface area contributed by atoms with E-state index in [4.69, 9.17) is 33.2 Å². The molecule has 4 heteroatoms. The predicted octanol–water partition coefficient (Wildman–Crippen LogP) is 10.7. The van der Waals surface area contributed by atoms with Crippen molar-refractivity contribution in [1.29, 1.82) is 0 Å². The molecule has 0 radical (unpaired) electrons. The quantitative estimate of drug-likeness (QED) is 0.202. The fourth-order valence-electron chi connectivity index (χ4n) is 4.62. The van der Waals surface area contributed by atoms with Crippen LogP contribution in [0.25, 0.3) is 88.8 Å². The topological polar surface area (TPSA) is 51.8 Å². The Bertz CT molecular complexity index is 3940. The molecule has 2 aromatic heterocycles. The Kier molecular flexibility index (Phi) is 2.46. The smallest absolute Gasteiger partial charge is 0.164 e. The van der Waals surface area contributed by atoms with Crippen molar-refractivity contribution in [3.8, 4) is 45.3 Å². The lowest BCUT2D eigenvalue weighted by molar-refractivity contribution is 0.669. The minimum Gasteiger partial charge on any atom is -0.456 e. The van der Waals surface area contributed by atoms with Crippen LogP contribution < -0.4 is 0 Å². The molecule has 0 fully saturated rings. The predicted molar refractivity (Wildman–Crippen MR) is 184 cm³/mol. The van der Waals surface area contributed by atoms with Crippen LogP contribution in [0.5, 0.6) is 0 Å². The Morgan fingerprint density at radius 1 is 0.400 bits per heavy atom. The number of benzene rings is 7. The molecule has 0 amide bonds. The normalized spacial score (nSPS) is 19.3. The molecule has 9 aromatic rings. The van der Waals surface area contributed by atoms with E-state index in [1.807, 2.05) is 0 Å². The minimum absolute atomic E-state index is 0.416. The molecule has 4 nitrogen and oxygen atoms in total. The fraction of sp³-hybridized carbons (Fsp3) is 0. The largest absolute Gasteiger partial charge is 0.456 e. The molecule has 0 atom stereocenters. The van der Waals surface area contributed by atoms with Gasteiger partial charge < -0.3 is 4.42 Å². The maximum atomic E-state index is 9.46. The first-order valence-electron chi connectivity index (χ1n) is 25.5. The summed E-state index contributed by atoms with van der Waals surface area (Å²) in [6.07, 6.45) is 0. The van der Waals surface area contributed by atoms with Gasteiger partial charge in [0.25, 0.3) is 0 Å². The summed E-state index contributed by atoms with van der Waals surface area (Å²) in [5.41, 5.74) is -4.54. The average Bonchev–Trinajstić information content (AvgIpc) is 3.72. The third-order valence-corrected chi connectivity index (χ3v) is 6.63. The first-order valence-corrected chi connectivity index (χ1v) is 13.0. The van der Waals surface area contributed by atoms with Crippen molar-refractivity contribution < 1.29 is 38.7 Å². The second kappa shape index (κ2) is 10.2. The summed E-state index contributed by atoms with van der Waals surface area (Å²) in [5, 5.41) is -3.27. The van der Waals surface area contributed by atoms with E-state index < -0.39 is 240 Å². The van der Waals surface area contributed by atoms with Crippen molar-refractivity contribution in [1.82, 2.24) is 15.0 Å². The van der Waals surface area contributed by atoms with E-state index in [9.17, 15) is 5.48 Å². The van der Waals surface area contributed by atoms with Gasteiger partial charge in [-0.15, -0.1) is 0 Å². The highest BCUT2D eigenvalue weighted by atomic mass is 16.3. The molecular weight excluding hydrogens is 550 g/mol. The second-order valence-electron chi connectivity index (χ2n) is 9.32. The molecule has 2 heterocycles. The zero-order chi connectivity index (χ0) is 51.5. The van der Waals surface area contributed by atoms with Crippen LogP contribution in [0.4, 0.5) is 0 Å². The fourth-order valence-corrected chi connectivity index (χ4v) is 4.62. The van der Waals surface area contributed by atoms with Crippen LogP contribution in [0, 0.1) is 0 Å². The summed E-state index contributed by atoms with van der Waals surface area (Å²) in [4.78, 5) is 13.2. The van der Waals surface area contributed by atoms with Crippen LogP contribution in [0.3, 0.4) is 0 Å². The maximum absolute atomic E-state index is 9.46. The van der Waals surface area contributed by atoms with Crippen molar-refractivity contribution in [3.05, 3.63) is 151 Å². The molecule has 0 saturated heterocycles. The lowest BCUT2D eigenvalue weighted by Gasteiger charge is -2.11. The first-order chi connectivity index (χ1) is 32.7. The molecule has 0 aliphatic heterocycles. The highest BCUT2D eigenvalue weighted by Gasteiger charge is 2.18. The summed E-state index contributed by atoms with van der Waals surface area (Å²) in [7, 11) is 0. The summed E-state index contributed by atoms with van der Waals surface area (Å²) in [6.45, 7) is 0. The van der Waals surface area contributed by atoms with E-state index in [0.717, 1.165) is 0 Å². The van der Waals surface area contributed by atoms with Crippen molar-refractivity contribution in [2.75, 3.05) is 0 Å². The number of fused-ring (bicyclic) bond motifs is 5. The lowest BCUT2D eigenvalue weighted by Crippen LogP contribution is -2.00. The molecule has 0 spiro atoms. The Hall–Kier alpha value is -6.13. The summed E-state index contributed by atoms with van der Waals surface area (Å²) in [6, 6.07) is -21.0. The van der Waals surface area contributed by atoms with Crippen LogP contribution in [0.1, 0.15) is 34.3 Å². The van der Waals surface area contributed by atoms with Crippen LogP contribution in [-0.2, 0) is 0 Å². The van der Waals surface area contributed by atoms with Gasteiger partial charge in [-0.3, -0.25) is 0 Å². The number of hydrogen-bond acceptors (Lipinski definition) is 4. The summed E-state index contributed by atoms with van der Waals surface area (Å²) >= 11 is 0.